The van der Waals surface area contributed by atoms with Crippen LogP contribution in [0.25, 0.3) is 10.9 Å². The van der Waals surface area contributed by atoms with E-state index in [1.165, 1.54) is 12.8 Å². The fraction of sp³-hybridized carbons (Fsp3) is 0.250. The lowest BCUT2D eigenvalue weighted by Gasteiger charge is -2.26. The summed E-state index contributed by atoms with van der Waals surface area (Å²) in [6.07, 6.45) is 4.20. The standard InChI is InChI=1S/C20H20N2O/c23-20(17-14-21-18-11-5-4-10-16(17)18)19(22-12-6-7-13-22)15-8-2-1-3-9-15/h1-5,8-11,14,19,21H,6-7,12-13H2/t19-/m1/s1. The molecule has 3 aromatic rings. The van der Waals surface area contributed by atoms with E-state index in [2.05, 4.69) is 22.0 Å². The Morgan fingerprint density at radius 2 is 1.65 bits per heavy atom. The van der Waals surface area contributed by atoms with Gasteiger partial charge < -0.3 is 4.98 Å². The van der Waals surface area contributed by atoms with Crippen LogP contribution in [0.15, 0.2) is 60.8 Å². The van der Waals surface area contributed by atoms with Crippen molar-refractivity contribution in [2.75, 3.05) is 13.1 Å². The molecule has 0 bridgehead atoms. The fourth-order valence-corrected chi connectivity index (χ4v) is 3.59. The molecule has 1 aliphatic heterocycles. The molecule has 1 aliphatic rings. The van der Waals surface area contributed by atoms with Crippen molar-refractivity contribution in [3.8, 4) is 0 Å². The average molecular weight is 304 g/mol. The van der Waals surface area contributed by atoms with Gasteiger partial charge in [-0.15, -0.1) is 0 Å². The van der Waals surface area contributed by atoms with Gasteiger partial charge in [0, 0.05) is 22.7 Å². The van der Waals surface area contributed by atoms with Crippen LogP contribution in [0.5, 0.6) is 0 Å². The van der Waals surface area contributed by atoms with Crippen LogP contribution in [0.3, 0.4) is 0 Å². The maximum atomic E-state index is 13.3. The molecule has 1 atom stereocenters. The van der Waals surface area contributed by atoms with Crippen LogP contribution in [0.2, 0.25) is 0 Å². The van der Waals surface area contributed by atoms with E-state index in [-0.39, 0.29) is 11.8 Å². The summed E-state index contributed by atoms with van der Waals surface area (Å²) in [4.78, 5) is 18.9. The number of carbonyl (C=O) groups excluding carboxylic acids is 1. The second kappa shape index (κ2) is 6.01. The molecule has 1 fully saturated rings. The Hall–Kier alpha value is -2.39. The molecule has 1 saturated heterocycles. The molecule has 0 spiro atoms. The van der Waals surface area contributed by atoms with Gasteiger partial charge in [-0.2, -0.15) is 0 Å². The molecule has 0 unspecified atom stereocenters. The highest BCUT2D eigenvalue weighted by Gasteiger charge is 2.31. The lowest BCUT2D eigenvalue weighted by atomic mass is 9.96. The number of nitrogens with one attached hydrogen (secondary N) is 1. The number of rotatable bonds is 4. The zero-order valence-corrected chi connectivity index (χ0v) is 13.0. The van der Waals surface area contributed by atoms with Crippen molar-refractivity contribution in [2.45, 2.75) is 18.9 Å². The number of H-pyrrole nitrogens is 1. The average Bonchev–Trinajstić information content (AvgIpc) is 3.25. The van der Waals surface area contributed by atoms with E-state index in [1.54, 1.807) is 0 Å². The normalized spacial score (nSPS) is 16.7. The molecule has 0 amide bonds. The fourth-order valence-electron chi connectivity index (χ4n) is 3.59. The third-order valence-electron chi connectivity index (χ3n) is 4.72. The number of carbonyl (C=O) groups is 1. The highest BCUT2D eigenvalue weighted by Crippen LogP contribution is 2.31. The second-order valence-electron chi connectivity index (χ2n) is 6.17. The SMILES string of the molecule is O=C(c1c[nH]c2ccccc12)[C@@H](c1ccccc1)N1CCCC1. The molecule has 3 heteroatoms. The summed E-state index contributed by atoms with van der Waals surface area (Å²) < 4.78 is 0. The van der Waals surface area contributed by atoms with E-state index in [0.29, 0.717) is 0 Å². The quantitative estimate of drug-likeness (QED) is 0.734. The summed E-state index contributed by atoms with van der Waals surface area (Å²) in [5, 5.41) is 1.01. The van der Waals surface area contributed by atoms with Crippen molar-refractivity contribution in [1.29, 1.82) is 0 Å². The van der Waals surface area contributed by atoms with Crippen LogP contribution in [0, 0.1) is 0 Å². The van der Waals surface area contributed by atoms with E-state index >= 15 is 0 Å². The molecule has 23 heavy (non-hydrogen) atoms. The number of hydrogen-bond donors (Lipinski definition) is 1. The van der Waals surface area contributed by atoms with Gasteiger partial charge in [-0.05, 0) is 37.6 Å². The molecule has 2 aromatic carbocycles. The van der Waals surface area contributed by atoms with E-state index in [0.717, 1.165) is 35.1 Å². The van der Waals surface area contributed by atoms with E-state index in [4.69, 9.17) is 0 Å². The number of Topliss-reactive ketones (excluding diaryl/α,β-unsaturated/α-hetero) is 1. The van der Waals surface area contributed by atoms with Crippen molar-refractivity contribution in [3.05, 3.63) is 71.9 Å². The summed E-state index contributed by atoms with van der Waals surface area (Å²) in [6, 6.07) is 18.0. The van der Waals surface area contributed by atoms with Crippen LogP contribution in [0.1, 0.15) is 34.8 Å². The van der Waals surface area contributed by atoms with Crippen LogP contribution < -0.4 is 0 Å². The van der Waals surface area contributed by atoms with Gasteiger partial charge in [0.05, 0.1) is 6.04 Å². The van der Waals surface area contributed by atoms with Gasteiger partial charge in [-0.1, -0.05) is 48.5 Å². The number of benzene rings is 2. The summed E-state index contributed by atoms with van der Waals surface area (Å²) in [6.45, 7) is 1.99. The van der Waals surface area contributed by atoms with Crippen LogP contribution >= 0.6 is 0 Å². The lowest BCUT2D eigenvalue weighted by molar-refractivity contribution is 0.0850. The van der Waals surface area contributed by atoms with E-state index in [9.17, 15) is 4.79 Å². The predicted molar refractivity (Wildman–Crippen MR) is 92.6 cm³/mol. The smallest absolute Gasteiger partial charge is 0.186 e. The number of fused-ring (bicyclic) bond motifs is 1. The monoisotopic (exact) mass is 304 g/mol. The van der Waals surface area contributed by atoms with Crippen molar-refractivity contribution < 1.29 is 4.79 Å². The number of hydrogen-bond acceptors (Lipinski definition) is 2. The first kappa shape index (κ1) is 14.2. The molecule has 4 rings (SSSR count). The van der Waals surface area contributed by atoms with Gasteiger partial charge in [0.1, 0.15) is 0 Å². The minimum absolute atomic E-state index is 0.182. The zero-order chi connectivity index (χ0) is 15.6. The number of nitrogens with zero attached hydrogens (tertiary/aromatic N) is 1. The van der Waals surface area contributed by atoms with Gasteiger partial charge >= 0.3 is 0 Å². The molecule has 0 saturated carbocycles. The zero-order valence-electron chi connectivity index (χ0n) is 13.0. The first-order chi connectivity index (χ1) is 11.3. The molecule has 116 valence electrons. The number of aromatic nitrogens is 1. The Kier molecular flexibility index (Phi) is 3.72. The molecule has 2 heterocycles. The Morgan fingerprint density at radius 1 is 0.957 bits per heavy atom. The minimum atomic E-state index is -0.182. The Labute approximate surface area is 135 Å². The van der Waals surface area contributed by atoms with Gasteiger partial charge in [0.25, 0.3) is 0 Å². The molecule has 0 aliphatic carbocycles. The molecule has 0 radical (unpaired) electrons. The summed E-state index contributed by atoms with van der Waals surface area (Å²) in [5.41, 5.74) is 2.90. The summed E-state index contributed by atoms with van der Waals surface area (Å²) in [5.74, 6) is 0.190. The summed E-state index contributed by atoms with van der Waals surface area (Å²) in [7, 11) is 0. The van der Waals surface area contributed by atoms with Gasteiger partial charge in [0.15, 0.2) is 5.78 Å². The van der Waals surface area contributed by atoms with E-state index in [1.807, 2.05) is 48.7 Å². The molecule has 1 aromatic heterocycles. The van der Waals surface area contributed by atoms with Crippen molar-refractivity contribution in [2.24, 2.45) is 0 Å². The highest BCUT2D eigenvalue weighted by molar-refractivity contribution is 6.10. The largest absolute Gasteiger partial charge is 0.360 e. The van der Waals surface area contributed by atoms with E-state index < -0.39 is 0 Å². The topological polar surface area (TPSA) is 36.1 Å². The Bertz CT molecular complexity index is 816. The van der Waals surface area contributed by atoms with Crippen molar-refractivity contribution in [3.63, 3.8) is 0 Å². The maximum Gasteiger partial charge on any atom is 0.186 e. The Morgan fingerprint density at radius 3 is 2.43 bits per heavy atom. The van der Waals surface area contributed by atoms with Crippen LogP contribution in [-0.2, 0) is 0 Å². The van der Waals surface area contributed by atoms with Gasteiger partial charge in [-0.3, -0.25) is 9.69 Å². The first-order valence-electron chi connectivity index (χ1n) is 8.24. The molecular formula is C20H20N2O. The number of aromatic amines is 1. The first-order valence-corrected chi connectivity index (χ1v) is 8.24. The third kappa shape index (κ3) is 2.57. The van der Waals surface area contributed by atoms with Gasteiger partial charge in [-0.25, -0.2) is 0 Å². The third-order valence-corrected chi connectivity index (χ3v) is 4.72. The maximum absolute atomic E-state index is 13.3. The lowest BCUT2D eigenvalue weighted by Crippen LogP contribution is -2.31. The summed E-state index contributed by atoms with van der Waals surface area (Å²) >= 11 is 0. The Balaban J connectivity index is 1.78. The highest BCUT2D eigenvalue weighted by atomic mass is 16.1. The number of likely N-dealkylation sites (tertiary alicyclic amines) is 1. The predicted octanol–water partition coefficient (Wildman–Crippen LogP) is 4.19. The van der Waals surface area contributed by atoms with Crippen LogP contribution in [-0.4, -0.2) is 28.8 Å². The molecule has 1 N–H and O–H groups in total. The van der Waals surface area contributed by atoms with Crippen molar-refractivity contribution in [1.82, 2.24) is 9.88 Å². The minimum Gasteiger partial charge on any atom is -0.360 e. The number of para-hydroxylation sites is 1. The van der Waals surface area contributed by atoms with Crippen LogP contribution in [0.4, 0.5) is 0 Å². The molecule has 3 nitrogen and oxygen atoms in total. The second-order valence-corrected chi connectivity index (χ2v) is 6.17. The van der Waals surface area contributed by atoms with Gasteiger partial charge in [0.2, 0.25) is 0 Å². The van der Waals surface area contributed by atoms with Crippen molar-refractivity contribution >= 4 is 16.7 Å². The number of ketones is 1. The molecular weight excluding hydrogens is 284 g/mol.